The van der Waals surface area contributed by atoms with E-state index in [0.29, 0.717) is 0 Å². The van der Waals surface area contributed by atoms with Crippen LogP contribution in [0.2, 0.25) is 0 Å². The minimum Gasteiger partial charge on any atom is -0.389 e. The fourth-order valence-corrected chi connectivity index (χ4v) is 0.191. The lowest BCUT2D eigenvalue weighted by molar-refractivity contribution is -0.528. The standard InChI is InChI=1S/C3H7NO4.BrH/c5-1-3(2-6)4(7)8;/h3,5-6H,1-2H2;1H. The van der Waals surface area contributed by atoms with Crippen LogP contribution in [0.5, 0.6) is 0 Å². The predicted octanol–water partition coefficient (Wildman–Crippen LogP) is -0.806. The first kappa shape index (κ1) is 11.6. The summed E-state index contributed by atoms with van der Waals surface area (Å²) >= 11 is 0. The first-order valence-electron chi connectivity index (χ1n) is 2.07. The van der Waals surface area contributed by atoms with E-state index in [2.05, 4.69) is 0 Å². The first-order chi connectivity index (χ1) is 3.72. The Hall–Kier alpha value is -0.200. The summed E-state index contributed by atoms with van der Waals surface area (Å²) in [7, 11) is 0. The van der Waals surface area contributed by atoms with Crippen molar-refractivity contribution in [2.45, 2.75) is 6.04 Å². The van der Waals surface area contributed by atoms with Gasteiger partial charge in [0.1, 0.15) is 13.2 Å². The maximum absolute atomic E-state index is 9.65. The van der Waals surface area contributed by atoms with Gasteiger partial charge in [0.25, 0.3) is 6.04 Å². The second kappa shape index (κ2) is 5.93. The Labute approximate surface area is 62.2 Å². The molecular formula is C3H8BrNO4. The van der Waals surface area contributed by atoms with Crippen molar-refractivity contribution in [1.29, 1.82) is 0 Å². The molecule has 0 radical (unpaired) electrons. The maximum atomic E-state index is 9.65. The van der Waals surface area contributed by atoms with Crippen LogP contribution in [0.1, 0.15) is 0 Å². The molecule has 0 aliphatic rings. The topological polar surface area (TPSA) is 83.6 Å². The molecule has 0 bridgehead atoms. The summed E-state index contributed by atoms with van der Waals surface area (Å²) in [6, 6.07) is -1.21. The Bertz CT molecular complexity index is 83.9. The largest absolute Gasteiger partial charge is 0.389 e. The summed E-state index contributed by atoms with van der Waals surface area (Å²) in [6.45, 7) is -1.22. The molecule has 0 amide bonds. The molecule has 0 spiro atoms. The van der Waals surface area contributed by atoms with Gasteiger partial charge in [-0.2, -0.15) is 0 Å². The van der Waals surface area contributed by atoms with Gasteiger partial charge in [-0.05, 0) is 0 Å². The van der Waals surface area contributed by atoms with Gasteiger partial charge in [-0.3, -0.25) is 10.1 Å². The molecule has 5 nitrogen and oxygen atoms in total. The Morgan fingerprint density at radius 2 is 1.78 bits per heavy atom. The van der Waals surface area contributed by atoms with Crippen LogP contribution in [0.4, 0.5) is 0 Å². The van der Waals surface area contributed by atoms with E-state index in [9.17, 15) is 10.1 Å². The number of nitro groups is 1. The molecule has 0 aromatic rings. The summed E-state index contributed by atoms with van der Waals surface area (Å²) in [5.41, 5.74) is 0. The summed E-state index contributed by atoms with van der Waals surface area (Å²) in [6.07, 6.45) is 0. The van der Waals surface area contributed by atoms with Crippen LogP contribution in [0, 0.1) is 10.1 Å². The molecule has 0 aromatic heterocycles. The highest BCUT2D eigenvalue weighted by molar-refractivity contribution is 8.93. The van der Waals surface area contributed by atoms with E-state index in [4.69, 9.17) is 10.2 Å². The highest BCUT2D eigenvalue weighted by Crippen LogP contribution is 1.83. The number of hydrogen-bond acceptors (Lipinski definition) is 4. The van der Waals surface area contributed by atoms with Gasteiger partial charge >= 0.3 is 0 Å². The summed E-state index contributed by atoms with van der Waals surface area (Å²) in [5, 5.41) is 25.8. The van der Waals surface area contributed by atoms with Crippen molar-refractivity contribution in [2.75, 3.05) is 13.2 Å². The molecule has 0 rings (SSSR count). The van der Waals surface area contributed by atoms with E-state index >= 15 is 0 Å². The normalized spacial score (nSPS) is 8.78. The van der Waals surface area contributed by atoms with Gasteiger partial charge < -0.3 is 10.2 Å². The molecule has 0 aromatic carbocycles. The van der Waals surface area contributed by atoms with Crippen LogP contribution in [0.3, 0.4) is 0 Å². The zero-order valence-corrected chi connectivity index (χ0v) is 6.27. The van der Waals surface area contributed by atoms with Crippen molar-refractivity contribution < 1.29 is 15.1 Å². The molecule has 0 saturated heterocycles. The third-order valence-electron chi connectivity index (χ3n) is 0.720. The smallest absolute Gasteiger partial charge is 0.258 e. The van der Waals surface area contributed by atoms with Crippen molar-refractivity contribution in [3.8, 4) is 0 Å². The van der Waals surface area contributed by atoms with Gasteiger partial charge in [0.2, 0.25) is 0 Å². The van der Waals surface area contributed by atoms with Crippen molar-refractivity contribution in [3.05, 3.63) is 10.1 Å². The molecule has 0 aliphatic heterocycles. The van der Waals surface area contributed by atoms with Gasteiger partial charge in [-0.25, -0.2) is 0 Å². The zero-order chi connectivity index (χ0) is 6.57. The number of aliphatic hydroxyl groups excluding tert-OH is 2. The molecule has 0 heterocycles. The lowest BCUT2D eigenvalue weighted by atomic mass is 10.4. The quantitative estimate of drug-likeness (QED) is 0.463. The molecule has 0 atom stereocenters. The fraction of sp³-hybridized carbons (Fsp3) is 1.00. The Morgan fingerprint density at radius 1 is 1.44 bits per heavy atom. The fourth-order valence-electron chi connectivity index (χ4n) is 0.191. The van der Waals surface area contributed by atoms with E-state index in [1.165, 1.54) is 0 Å². The second-order valence-electron chi connectivity index (χ2n) is 1.30. The van der Waals surface area contributed by atoms with Crippen LogP contribution in [0.15, 0.2) is 0 Å². The van der Waals surface area contributed by atoms with Crippen molar-refractivity contribution >= 4 is 17.0 Å². The Morgan fingerprint density at radius 3 is 1.78 bits per heavy atom. The maximum Gasteiger partial charge on any atom is 0.258 e. The van der Waals surface area contributed by atoms with E-state index in [1.54, 1.807) is 0 Å². The molecule has 56 valence electrons. The van der Waals surface area contributed by atoms with Crippen LogP contribution >= 0.6 is 17.0 Å². The Kier molecular flexibility index (Phi) is 7.63. The van der Waals surface area contributed by atoms with E-state index in [0.717, 1.165) is 0 Å². The van der Waals surface area contributed by atoms with Crippen LogP contribution in [0.25, 0.3) is 0 Å². The number of rotatable bonds is 3. The monoisotopic (exact) mass is 201 g/mol. The average molecular weight is 202 g/mol. The molecule has 0 unspecified atom stereocenters. The van der Waals surface area contributed by atoms with Crippen molar-refractivity contribution in [1.82, 2.24) is 0 Å². The molecule has 0 aliphatic carbocycles. The van der Waals surface area contributed by atoms with E-state index in [1.807, 2.05) is 0 Å². The third-order valence-corrected chi connectivity index (χ3v) is 0.720. The molecule has 9 heavy (non-hydrogen) atoms. The van der Waals surface area contributed by atoms with Gasteiger partial charge in [0.05, 0.1) is 0 Å². The van der Waals surface area contributed by atoms with Crippen LogP contribution in [-0.2, 0) is 0 Å². The lowest BCUT2D eigenvalue weighted by Gasteiger charge is -1.98. The molecule has 0 saturated carbocycles. The van der Waals surface area contributed by atoms with Gasteiger partial charge in [0.15, 0.2) is 0 Å². The summed E-state index contributed by atoms with van der Waals surface area (Å²) in [4.78, 5) is 8.92. The predicted molar refractivity (Wildman–Crippen MR) is 35.3 cm³/mol. The summed E-state index contributed by atoms with van der Waals surface area (Å²) < 4.78 is 0. The third kappa shape index (κ3) is 4.31. The minimum absolute atomic E-state index is 0. The van der Waals surface area contributed by atoms with E-state index < -0.39 is 24.2 Å². The molecule has 2 N–H and O–H groups in total. The average Bonchev–Trinajstić information content (AvgIpc) is 1.69. The number of aliphatic hydroxyl groups is 2. The zero-order valence-electron chi connectivity index (χ0n) is 4.56. The highest BCUT2D eigenvalue weighted by Gasteiger charge is 2.15. The van der Waals surface area contributed by atoms with Gasteiger partial charge in [-0.1, -0.05) is 0 Å². The van der Waals surface area contributed by atoms with E-state index in [-0.39, 0.29) is 17.0 Å². The van der Waals surface area contributed by atoms with Crippen molar-refractivity contribution in [2.24, 2.45) is 0 Å². The van der Waals surface area contributed by atoms with Crippen LogP contribution < -0.4 is 0 Å². The minimum atomic E-state index is -1.21. The number of nitrogens with zero attached hydrogens (tertiary/aromatic N) is 1. The SMILES string of the molecule is Br.O=[N+]([O-])C(CO)CO. The van der Waals surface area contributed by atoms with Gasteiger partial charge in [0, 0.05) is 4.92 Å². The Balaban J connectivity index is 0. The van der Waals surface area contributed by atoms with Gasteiger partial charge in [-0.15, -0.1) is 17.0 Å². The second-order valence-corrected chi connectivity index (χ2v) is 1.30. The number of halogens is 1. The number of hydrogen-bond donors (Lipinski definition) is 2. The molecular weight excluding hydrogens is 194 g/mol. The lowest BCUT2D eigenvalue weighted by Crippen LogP contribution is -2.27. The first-order valence-corrected chi connectivity index (χ1v) is 2.07. The molecule has 6 heteroatoms. The summed E-state index contributed by atoms with van der Waals surface area (Å²) in [5.74, 6) is 0. The highest BCUT2D eigenvalue weighted by atomic mass is 79.9. The van der Waals surface area contributed by atoms with Crippen LogP contribution in [-0.4, -0.2) is 34.4 Å². The molecule has 0 fully saturated rings. The van der Waals surface area contributed by atoms with Crippen molar-refractivity contribution in [3.63, 3.8) is 0 Å².